The molecule has 0 atom stereocenters. The van der Waals surface area contributed by atoms with Crippen LogP contribution in [-0.4, -0.2) is 61.6 Å². The van der Waals surface area contributed by atoms with Crippen LogP contribution in [0.3, 0.4) is 0 Å². The first-order valence-electron chi connectivity index (χ1n) is 9.37. The Morgan fingerprint density at radius 3 is 2.29 bits per heavy atom. The number of urea groups is 1. The molecular weight excluding hydrogens is 356 g/mol. The summed E-state index contributed by atoms with van der Waals surface area (Å²) in [6, 6.07) is 17.1. The third-order valence-electron chi connectivity index (χ3n) is 4.68. The van der Waals surface area contributed by atoms with E-state index < -0.39 is 0 Å². The number of anilines is 1. The number of rotatable bonds is 6. The van der Waals surface area contributed by atoms with Gasteiger partial charge in [0.05, 0.1) is 13.7 Å². The highest BCUT2D eigenvalue weighted by Crippen LogP contribution is 2.14. The Hall–Kier alpha value is -3.06. The zero-order chi connectivity index (χ0) is 19.8. The lowest BCUT2D eigenvalue weighted by Crippen LogP contribution is -2.52. The summed E-state index contributed by atoms with van der Waals surface area (Å²) in [5.41, 5.74) is 1.94. The number of hydrogen-bond donors (Lipinski definition) is 2. The van der Waals surface area contributed by atoms with E-state index in [1.165, 1.54) is 5.56 Å². The largest absolute Gasteiger partial charge is 0.497 e. The topological polar surface area (TPSA) is 73.9 Å². The number of amides is 3. The minimum Gasteiger partial charge on any atom is -0.497 e. The summed E-state index contributed by atoms with van der Waals surface area (Å²) < 4.78 is 5.08. The predicted octanol–water partition coefficient (Wildman–Crippen LogP) is 2.16. The van der Waals surface area contributed by atoms with Crippen molar-refractivity contribution in [3.8, 4) is 5.75 Å². The second kappa shape index (κ2) is 9.75. The summed E-state index contributed by atoms with van der Waals surface area (Å²) in [6.45, 7) is 3.77. The maximum absolute atomic E-state index is 12.3. The molecule has 2 aromatic rings. The molecular formula is C21H26N4O3. The van der Waals surface area contributed by atoms with Gasteiger partial charge in [0.25, 0.3) is 0 Å². The highest BCUT2D eigenvalue weighted by Gasteiger charge is 2.21. The van der Waals surface area contributed by atoms with Gasteiger partial charge in [-0.2, -0.15) is 0 Å². The van der Waals surface area contributed by atoms with E-state index >= 15 is 0 Å². The highest BCUT2D eigenvalue weighted by atomic mass is 16.5. The van der Waals surface area contributed by atoms with Gasteiger partial charge in [0.1, 0.15) is 5.75 Å². The van der Waals surface area contributed by atoms with Crippen LogP contribution in [0.4, 0.5) is 10.5 Å². The molecule has 7 heteroatoms. The summed E-state index contributed by atoms with van der Waals surface area (Å²) in [5, 5.41) is 5.44. The van der Waals surface area contributed by atoms with Crippen LogP contribution < -0.4 is 15.4 Å². The van der Waals surface area contributed by atoms with Crippen molar-refractivity contribution >= 4 is 17.6 Å². The zero-order valence-corrected chi connectivity index (χ0v) is 16.1. The summed E-state index contributed by atoms with van der Waals surface area (Å²) in [4.78, 5) is 28.4. The van der Waals surface area contributed by atoms with Gasteiger partial charge in [0, 0.05) is 38.4 Å². The van der Waals surface area contributed by atoms with Crippen LogP contribution in [-0.2, 0) is 11.3 Å². The molecule has 1 aliphatic rings. The second-order valence-electron chi connectivity index (χ2n) is 6.68. The van der Waals surface area contributed by atoms with E-state index in [0.717, 1.165) is 25.4 Å². The van der Waals surface area contributed by atoms with Crippen LogP contribution in [0, 0.1) is 0 Å². The summed E-state index contributed by atoms with van der Waals surface area (Å²) in [6.07, 6.45) is 0. The van der Waals surface area contributed by atoms with Crippen molar-refractivity contribution in [2.24, 2.45) is 0 Å². The molecule has 0 bridgehead atoms. The van der Waals surface area contributed by atoms with Gasteiger partial charge in [0.2, 0.25) is 5.91 Å². The van der Waals surface area contributed by atoms with E-state index in [0.29, 0.717) is 18.8 Å². The van der Waals surface area contributed by atoms with Crippen LogP contribution in [0.1, 0.15) is 5.56 Å². The second-order valence-corrected chi connectivity index (χ2v) is 6.68. The summed E-state index contributed by atoms with van der Waals surface area (Å²) in [5.74, 6) is 0.457. The maximum atomic E-state index is 12.3. The number of piperazine rings is 1. The van der Waals surface area contributed by atoms with Crippen molar-refractivity contribution in [3.05, 3.63) is 60.2 Å². The number of carbonyl (C=O) groups is 2. The monoisotopic (exact) mass is 382 g/mol. The Bertz CT molecular complexity index is 772. The molecule has 148 valence electrons. The molecule has 7 nitrogen and oxygen atoms in total. The van der Waals surface area contributed by atoms with E-state index in [1.54, 1.807) is 36.3 Å². The Labute approximate surface area is 165 Å². The van der Waals surface area contributed by atoms with Crippen molar-refractivity contribution in [1.29, 1.82) is 0 Å². The van der Waals surface area contributed by atoms with Crippen molar-refractivity contribution in [1.82, 2.24) is 15.1 Å². The fourth-order valence-corrected chi connectivity index (χ4v) is 3.10. The average Bonchev–Trinajstić information content (AvgIpc) is 2.74. The van der Waals surface area contributed by atoms with Gasteiger partial charge in [-0.1, -0.05) is 30.3 Å². The third kappa shape index (κ3) is 5.72. The molecule has 0 aliphatic carbocycles. The van der Waals surface area contributed by atoms with Gasteiger partial charge in [-0.15, -0.1) is 0 Å². The first-order valence-corrected chi connectivity index (χ1v) is 9.37. The predicted molar refractivity (Wildman–Crippen MR) is 108 cm³/mol. The van der Waals surface area contributed by atoms with Crippen LogP contribution >= 0.6 is 0 Å². The normalized spacial score (nSPS) is 14.4. The molecule has 3 rings (SSSR count). The molecule has 1 fully saturated rings. The van der Waals surface area contributed by atoms with E-state index in [9.17, 15) is 9.59 Å². The third-order valence-corrected chi connectivity index (χ3v) is 4.68. The quantitative estimate of drug-likeness (QED) is 0.803. The van der Waals surface area contributed by atoms with E-state index in [2.05, 4.69) is 27.7 Å². The van der Waals surface area contributed by atoms with Crippen molar-refractivity contribution in [3.63, 3.8) is 0 Å². The molecule has 28 heavy (non-hydrogen) atoms. The van der Waals surface area contributed by atoms with Gasteiger partial charge in [0.15, 0.2) is 0 Å². The first kappa shape index (κ1) is 19.7. The number of methoxy groups -OCH3 is 1. The number of nitrogens with zero attached hydrogens (tertiary/aromatic N) is 2. The molecule has 0 aromatic heterocycles. The number of benzene rings is 2. The Kier molecular flexibility index (Phi) is 6.86. The van der Waals surface area contributed by atoms with Crippen molar-refractivity contribution in [2.75, 3.05) is 45.2 Å². The van der Waals surface area contributed by atoms with Crippen LogP contribution in [0.15, 0.2) is 54.6 Å². The van der Waals surface area contributed by atoms with Crippen LogP contribution in [0.25, 0.3) is 0 Å². The smallest absolute Gasteiger partial charge is 0.317 e. The molecule has 0 unspecified atom stereocenters. The maximum Gasteiger partial charge on any atom is 0.317 e. The highest BCUT2D eigenvalue weighted by molar-refractivity contribution is 5.94. The van der Waals surface area contributed by atoms with Gasteiger partial charge in [-0.05, 0) is 29.8 Å². The summed E-state index contributed by atoms with van der Waals surface area (Å²) in [7, 11) is 1.59. The fourth-order valence-electron chi connectivity index (χ4n) is 3.10. The van der Waals surface area contributed by atoms with Crippen molar-refractivity contribution < 1.29 is 14.3 Å². The molecule has 0 saturated carbocycles. The molecule has 0 radical (unpaired) electrons. The van der Waals surface area contributed by atoms with Crippen molar-refractivity contribution in [2.45, 2.75) is 6.54 Å². The molecule has 2 N–H and O–H groups in total. The Morgan fingerprint density at radius 2 is 1.64 bits per heavy atom. The van der Waals surface area contributed by atoms with Crippen LogP contribution in [0.5, 0.6) is 5.75 Å². The molecule has 2 aromatic carbocycles. The number of ether oxygens (including phenoxy) is 1. The van der Waals surface area contributed by atoms with Crippen LogP contribution in [0.2, 0.25) is 0 Å². The Morgan fingerprint density at radius 1 is 0.964 bits per heavy atom. The van der Waals surface area contributed by atoms with Gasteiger partial charge < -0.3 is 20.3 Å². The lowest BCUT2D eigenvalue weighted by Gasteiger charge is -2.34. The zero-order valence-electron chi connectivity index (χ0n) is 16.1. The van der Waals surface area contributed by atoms with Gasteiger partial charge >= 0.3 is 6.03 Å². The lowest BCUT2D eigenvalue weighted by molar-refractivity contribution is -0.115. The van der Waals surface area contributed by atoms with E-state index in [4.69, 9.17) is 4.74 Å². The molecule has 0 spiro atoms. The van der Waals surface area contributed by atoms with E-state index in [1.807, 2.05) is 18.2 Å². The summed E-state index contributed by atoms with van der Waals surface area (Å²) >= 11 is 0. The molecule has 1 heterocycles. The number of hydrogen-bond acceptors (Lipinski definition) is 4. The minimum atomic E-state index is -0.263. The van der Waals surface area contributed by atoms with Gasteiger partial charge in [-0.25, -0.2) is 4.79 Å². The minimum absolute atomic E-state index is 0.0604. The first-order chi connectivity index (χ1) is 13.6. The fraction of sp³-hybridized carbons (Fsp3) is 0.333. The standard InChI is InChI=1S/C21H26N4O3/c1-28-19-9-7-18(8-10-19)23-20(26)15-22-21(27)25-13-11-24(12-14-25)16-17-5-3-2-4-6-17/h2-10H,11-16H2,1H3,(H,22,27)(H,23,26). The molecule has 1 saturated heterocycles. The molecule has 1 aliphatic heterocycles. The Balaban J connectivity index is 1.37. The van der Waals surface area contributed by atoms with Gasteiger partial charge in [-0.3, -0.25) is 9.69 Å². The molecule has 3 amide bonds. The van der Waals surface area contributed by atoms with E-state index in [-0.39, 0.29) is 18.5 Å². The average molecular weight is 382 g/mol. The lowest BCUT2D eigenvalue weighted by atomic mass is 10.2. The number of carbonyl (C=O) groups excluding carboxylic acids is 2. The SMILES string of the molecule is COc1ccc(NC(=O)CNC(=O)N2CCN(Cc3ccccc3)CC2)cc1. The number of nitrogens with one attached hydrogen (secondary N) is 2.